The quantitative estimate of drug-likeness (QED) is 0.0261. The molecule has 6 heteroatoms. The van der Waals surface area contributed by atoms with Crippen LogP contribution in [0.4, 0.5) is 0 Å². The van der Waals surface area contributed by atoms with E-state index in [9.17, 15) is 14.4 Å². The van der Waals surface area contributed by atoms with E-state index < -0.39 is 6.10 Å². The molecule has 0 radical (unpaired) electrons. The summed E-state index contributed by atoms with van der Waals surface area (Å²) in [6, 6.07) is 0. The Hall–Kier alpha value is -5.23. The number of allylic oxidation sites excluding steroid dienone is 28. The van der Waals surface area contributed by atoms with Gasteiger partial charge in [0.2, 0.25) is 0 Å². The monoisotopic (exact) mass is 1140 g/mol. The van der Waals surface area contributed by atoms with Crippen molar-refractivity contribution in [1.29, 1.82) is 0 Å². The Morgan fingerprint density at radius 1 is 0.253 bits per heavy atom. The molecule has 0 aliphatic rings. The van der Waals surface area contributed by atoms with Crippen molar-refractivity contribution >= 4 is 17.9 Å². The molecule has 0 spiro atoms. The van der Waals surface area contributed by atoms with E-state index in [4.69, 9.17) is 14.2 Å². The summed E-state index contributed by atoms with van der Waals surface area (Å²) in [5, 5.41) is 0. The highest BCUT2D eigenvalue weighted by Crippen LogP contribution is 2.14. The molecule has 0 aromatic carbocycles. The molecule has 0 rings (SSSR count). The molecule has 1 unspecified atom stereocenters. The first-order valence-corrected chi connectivity index (χ1v) is 33.6. The maximum absolute atomic E-state index is 12.9. The van der Waals surface area contributed by atoms with Crippen LogP contribution < -0.4 is 0 Å². The minimum absolute atomic E-state index is 0.108. The molecule has 0 fully saturated rings. The molecule has 83 heavy (non-hydrogen) atoms. The molecule has 0 saturated heterocycles. The van der Waals surface area contributed by atoms with Gasteiger partial charge in [-0.05, 0) is 161 Å². The van der Waals surface area contributed by atoms with Crippen LogP contribution in [0.15, 0.2) is 170 Å². The van der Waals surface area contributed by atoms with Gasteiger partial charge in [0.15, 0.2) is 6.10 Å². The second-order valence-electron chi connectivity index (χ2n) is 21.6. The number of rotatable bonds is 59. The maximum atomic E-state index is 12.9. The van der Waals surface area contributed by atoms with E-state index in [1.54, 1.807) is 0 Å². The molecule has 0 amide bonds. The summed E-state index contributed by atoms with van der Waals surface area (Å²) in [4.78, 5) is 38.3. The van der Waals surface area contributed by atoms with Gasteiger partial charge in [-0.2, -0.15) is 0 Å². The lowest BCUT2D eigenvalue weighted by Crippen LogP contribution is -2.30. The van der Waals surface area contributed by atoms with Crippen molar-refractivity contribution in [1.82, 2.24) is 0 Å². The Morgan fingerprint density at radius 3 is 0.795 bits per heavy atom. The van der Waals surface area contributed by atoms with Gasteiger partial charge in [0.1, 0.15) is 13.2 Å². The number of carbonyl (C=O) groups is 3. The van der Waals surface area contributed by atoms with E-state index in [0.29, 0.717) is 25.7 Å². The lowest BCUT2D eigenvalue weighted by atomic mass is 10.1. The third-order valence-corrected chi connectivity index (χ3v) is 13.7. The third-order valence-electron chi connectivity index (χ3n) is 13.7. The van der Waals surface area contributed by atoms with E-state index >= 15 is 0 Å². The summed E-state index contributed by atoms with van der Waals surface area (Å²) in [6.07, 6.45) is 102. The number of unbranched alkanes of at least 4 members (excludes halogenated alkanes) is 20. The van der Waals surface area contributed by atoms with Crippen molar-refractivity contribution in [2.24, 2.45) is 0 Å². The standard InChI is InChI=1S/C77H122O6/c1-4-7-10-13-16-19-22-25-27-29-31-32-33-34-35-36-37-38-39-40-41-42-43-44-46-47-49-52-55-58-61-64-67-70-76(79)82-73-74(72-81-75(78)69-66-63-60-57-54-51-24-21-18-15-12-9-6-3)83-77(80)71-68-65-62-59-56-53-50-48-45-30-28-26-23-20-17-14-11-8-5-2/h7,10,16-17,19-21,24-28,31-32,34-35,37-38,40-41,43-45,47-49,55,58,74H,4-6,8-9,11-15,18,22-23,29-30,33,36,39,42,46,50-54,56-57,59-73H2,1-3H3/b10-7-,19-16-,20-17-,24-21-,27-25-,28-26-,32-31-,35-34-,38-37-,41-40-,44-43-,48-45-,49-47-,58-55-. The topological polar surface area (TPSA) is 78.9 Å². The van der Waals surface area contributed by atoms with Crippen molar-refractivity contribution < 1.29 is 28.6 Å². The average molecular weight is 1140 g/mol. The Labute approximate surface area is 511 Å². The molecule has 0 heterocycles. The van der Waals surface area contributed by atoms with Gasteiger partial charge in [-0.25, -0.2) is 0 Å². The molecule has 0 aromatic heterocycles. The molecule has 466 valence electrons. The van der Waals surface area contributed by atoms with Crippen molar-refractivity contribution in [3.8, 4) is 0 Å². The zero-order chi connectivity index (χ0) is 59.9. The van der Waals surface area contributed by atoms with Crippen LogP contribution in [0.1, 0.15) is 278 Å². The van der Waals surface area contributed by atoms with Crippen molar-refractivity contribution in [3.63, 3.8) is 0 Å². The van der Waals surface area contributed by atoms with Crippen LogP contribution in [0.5, 0.6) is 0 Å². The normalized spacial score (nSPS) is 13.2. The van der Waals surface area contributed by atoms with Gasteiger partial charge in [0.25, 0.3) is 0 Å². The highest BCUT2D eigenvalue weighted by atomic mass is 16.6. The predicted molar refractivity (Wildman–Crippen MR) is 361 cm³/mol. The minimum atomic E-state index is -0.816. The summed E-state index contributed by atoms with van der Waals surface area (Å²) in [7, 11) is 0. The predicted octanol–water partition coefficient (Wildman–Crippen LogP) is 23.4. The van der Waals surface area contributed by atoms with E-state index in [1.165, 1.54) is 77.0 Å². The first-order valence-electron chi connectivity index (χ1n) is 33.6. The fraction of sp³-hybridized carbons (Fsp3) is 0.597. The van der Waals surface area contributed by atoms with Gasteiger partial charge in [-0.3, -0.25) is 14.4 Å². The number of esters is 3. The van der Waals surface area contributed by atoms with Crippen LogP contribution >= 0.6 is 0 Å². The Morgan fingerprint density at radius 2 is 0.470 bits per heavy atom. The highest BCUT2D eigenvalue weighted by molar-refractivity contribution is 5.71. The molecular weight excluding hydrogens is 1020 g/mol. The average Bonchev–Trinajstić information content (AvgIpc) is 3.49. The lowest BCUT2D eigenvalue weighted by Gasteiger charge is -2.18. The van der Waals surface area contributed by atoms with Crippen molar-refractivity contribution in [2.75, 3.05) is 13.2 Å². The van der Waals surface area contributed by atoms with E-state index in [0.717, 1.165) is 154 Å². The first-order chi connectivity index (χ1) is 41.0. The van der Waals surface area contributed by atoms with Gasteiger partial charge >= 0.3 is 17.9 Å². The van der Waals surface area contributed by atoms with Crippen LogP contribution in [0, 0.1) is 0 Å². The lowest BCUT2D eigenvalue weighted by molar-refractivity contribution is -0.167. The SMILES string of the molecule is CC/C=C\C/C=C\C/C=C\C/C=C\C/C=C\C/C=C\C/C=C\C/C=C\C/C=C\C/C=C\CCCCC(=O)OCC(COC(=O)CCCCCCC/C=C\CCCCCC)OC(=O)CCCCCCCC/C=C\C/C=C\C/C=C\CCCCC. The molecule has 0 bridgehead atoms. The molecule has 0 N–H and O–H groups in total. The summed E-state index contributed by atoms with van der Waals surface area (Å²) in [5.74, 6) is -0.978. The fourth-order valence-corrected chi connectivity index (χ4v) is 8.65. The zero-order valence-corrected chi connectivity index (χ0v) is 53.4. The summed E-state index contributed by atoms with van der Waals surface area (Å²) < 4.78 is 16.9. The van der Waals surface area contributed by atoms with Crippen molar-refractivity contribution in [2.45, 2.75) is 284 Å². The van der Waals surface area contributed by atoms with Crippen LogP contribution in [0.25, 0.3) is 0 Å². The first kappa shape index (κ1) is 77.8. The fourth-order valence-electron chi connectivity index (χ4n) is 8.65. The van der Waals surface area contributed by atoms with Crippen molar-refractivity contribution in [3.05, 3.63) is 170 Å². The van der Waals surface area contributed by atoms with Gasteiger partial charge in [0.05, 0.1) is 0 Å². The second kappa shape index (κ2) is 69.3. The molecule has 0 aromatic rings. The Kier molecular flexibility index (Phi) is 64.9. The second-order valence-corrected chi connectivity index (χ2v) is 21.6. The largest absolute Gasteiger partial charge is 0.462 e. The van der Waals surface area contributed by atoms with Gasteiger partial charge in [0, 0.05) is 19.3 Å². The Balaban J connectivity index is 4.44. The minimum Gasteiger partial charge on any atom is -0.462 e. The van der Waals surface area contributed by atoms with E-state index in [-0.39, 0.29) is 31.1 Å². The van der Waals surface area contributed by atoms with Gasteiger partial charge in [-0.1, -0.05) is 268 Å². The number of hydrogen-bond donors (Lipinski definition) is 0. The highest BCUT2D eigenvalue weighted by Gasteiger charge is 2.19. The molecule has 1 atom stereocenters. The van der Waals surface area contributed by atoms with Gasteiger partial charge < -0.3 is 14.2 Å². The summed E-state index contributed by atoms with van der Waals surface area (Å²) in [6.45, 7) is 6.43. The molecule has 0 aliphatic carbocycles. The van der Waals surface area contributed by atoms with E-state index in [1.807, 2.05) is 0 Å². The zero-order valence-electron chi connectivity index (χ0n) is 53.4. The van der Waals surface area contributed by atoms with Crippen LogP contribution in [-0.4, -0.2) is 37.2 Å². The summed E-state index contributed by atoms with van der Waals surface area (Å²) in [5.41, 5.74) is 0. The van der Waals surface area contributed by atoms with Gasteiger partial charge in [-0.15, -0.1) is 0 Å². The Bertz CT molecular complexity index is 1890. The molecule has 0 aliphatic heterocycles. The van der Waals surface area contributed by atoms with E-state index in [2.05, 4.69) is 191 Å². The van der Waals surface area contributed by atoms with Crippen LogP contribution in [0.3, 0.4) is 0 Å². The molecule has 6 nitrogen and oxygen atoms in total. The van der Waals surface area contributed by atoms with Crippen LogP contribution in [0.2, 0.25) is 0 Å². The number of ether oxygens (including phenoxy) is 3. The molecular formula is C77H122O6. The summed E-state index contributed by atoms with van der Waals surface area (Å²) >= 11 is 0. The number of hydrogen-bond acceptors (Lipinski definition) is 6. The third kappa shape index (κ3) is 67.4. The maximum Gasteiger partial charge on any atom is 0.306 e. The van der Waals surface area contributed by atoms with Crippen LogP contribution in [-0.2, 0) is 28.6 Å². The smallest absolute Gasteiger partial charge is 0.306 e. The number of carbonyl (C=O) groups excluding carboxylic acids is 3. The molecule has 0 saturated carbocycles.